The molecule has 0 fully saturated rings. The van der Waals surface area contributed by atoms with Crippen molar-refractivity contribution >= 4 is 6.09 Å². The Bertz CT molecular complexity index is 483. The van der Waals surface area contributed by atoms with Crippen LogP contribution in [0.3, 0.4) is 0 Å². The highest BCUT2D eigenvalue weighted by atomic mass is 16.6. The van der Waals surface area contributed by atoms with Crippen molar-refractivity contribution in [2.24, 2.45) is 0 Å². The zero-order valence-electron chi connectivity index (χ0n) is 9.90. The van der Waals surface area contributed by atoms with Crippen molar-refractivity contribution in [2.45, 2.75) is 26.3 Å². The van der Waals surface area contributed by atoms with E-state index in [9.17, 15) is 9.59 Å². The molecule has 92 valence electrons. The predicted molar refractivity (Wildman–Crippen MR) is 60.7 cm³/mol. The van der Waals surface area contributed by atoms with E-state index < -0.39 is 0 Å². The Hall–Kier alpha value is -1.85. The minimum absolute atomic E-state index is 0.0972. The van der Waals surface area contributed by atoms with Crippen molar-refractivity contribution in [2.75, 3.05) is 13.2 Å². The molecule has 1 aromatic rings. The highest BCUT2D eigenvalue weighted by molar-refractivity contribution is 5.68. The summed E-state index contributed by atoms with van der Waals surface area (Å²) in [7, 11) is 0. The molecule has 1 atom stereocenters. The molecule has 6 nitrogen and oxygen atoms in total. The number of carbonyl (C=O) groups is 1. The Morgan fingerprint density at radius 1 is 1.71 bits per heavy atom. The van der Waals surface area contributed by atoms with Gasteiger partial charge in [0, 0.05) is 24.1 Å². The van der Waals surface area contributed by atoms with E-state index in [1.54, 1.807) is 11.8 Å². The molecule has 1 aliphatic rings. The minimum atomic E-state index is -0.342. The van der Waals surface area contributed by atoms with Gasteiger partial charge >= 0.3 is 6.09 Å². The number of fused-ring (bicyclic) bond motifs is 1. The summed E-state index contributed by atoms with van der Waals surface area (Å²) >= 11 is 0. The Balaban J connectivity index is 2.25. The largest absolute Gasteiger partial charge is 0.450 e. The fourth-order valence-corrected chi connectivity index (χ4v) is 2.05. The van der Waals surface area contributed by atoms with Crippen molar-refractivity contribution < 1.29 is 9.53 Å². The summed E-state index contributed by atoms with van der Waals surface area (Å²) in [6, 6.07) is 1.49. The average Bonchev–Trinajstić information content (AvgIpc) is 2.28. The Labute approximate surface area is 98.6 Å². The summed E-state index contributed by atoms with van der Waals surface area (Å²) in [4.78, 5) is 24.4. The zero-order valence-corrected chi connectivity index (χ0v) is 9.90. The molecule has 1 N–H and O–H groups in total. The van der Waals surface area contributed by atoms with Crippen LogP contribution in [0.25, 0.3) is 0 Å². The van der Waals surface area contributed by atoms with E-state index in [1.807, 2.05) is 6.92 Å². The quantitative estimate of drug-likeness (QED) is 0.785. The molecule has 1 amide bonds. The SMILES string of the molecule is CCOC(=O)N1Cc2cc(=O)[nH]nc2C(C)C1. The third-order valence-corrected chi connectivity index (χ3v) is 2.77. The maximum atomic E-state index is 11.6. The molecule has 0 aliphatic carbocycles. The molecule has 0 radical (unpaired) electrons. The van der Waals surface area contributed by atoms with Crippen LogP contribution < -0.4 is 5.56 Å². The van der Waals surface area contributed by atoms with Crippen LogP contribution in [0.5, 0.6) is 0 Å². The lowest BCUT2D eigenvalue weighted by Crippen LogP contribution is -2.39. The van der Waals surface area contributed by atoms with Gasteiger partial charge in [-0.25, -0.2) is 9.89 Å². The van der Waals surface area contributed by atoms with E-state index in [1.165, 1.54) is 6.07 Å². The van der Waals surface area contributed by atoms with Crippen molar-refractivity contribution in [1.29, 1.82) is 0 Å². The molecule has 2 rings (SSSR count). The van der Waals surface area contributed by atoms with Gasteiger partial charge in [-0.2, -0.15) is 5.10 Å². The summed E-state index contributed by atoms with van der Waals surface area (Å²) in [5.41, 5.74) is 1.40. The van der Waals surface area contributed by atoms with E-state index in [0.29, 0.717) is 19.7 Å². The Morgan fingerprint density at radius 2 is 2.47 bits per heavy atom. The Kier molecular flexibility index (Phi) is 3.12. The van der Waals surface area contributed by atoms with Gasteiger partial charge in [-0.05, 0) is 6.92 Å². The van der Waals surface area contributed by atoms with Gasteiger partial charge in [0.05, 0.1) is 18.8 Å². The molecule has 1 aromatic heterocycles. The number of nitrogens with zero attached hydrogens (tertiary/aromatic N) is 2. The number of H-pyrrole nitrogens is 1. The van der Waals surface area contributed by atoms with Gasteiger partial charge in [-0.3, -0.25) is 4.79 Å². The Morgan fingerprint density at radius 3 is 3.18 bits per heavy atom. The number of hydrogen-bond donors (Lipinski definition) is 1. The predicted octanol–water partition coefficient (Wildman–Crippen LogP) is 0.846. The van der Waals surface area contributed by atoms with E-state index in [-0.39, 0.29) is 17.6 Å². The number of carbonyl (C=O) groups excluding carboxylic acids is 1. The van der Waals surface area contributed by atoms with Gasteiger partial charge in [0.1, 0.15) is 0 Å². The standard InChI is InChI=1S/C11H15N3O3/c1-3-17-11(16)14-5-7(2)10-8(6-14)4-9(15)12-13-10/h4,7H,3,5-6H2,1-2H3,(H,12,15). The number of nitrogens with one attached hydrogen (secondary N) is 1. The minimum Gasteiger partial charge on any atom is -0.450 e. The first-order valence-electron chi connectivity index (χ1n) is 5.62. The number of rotatable bonds is 1. The lowest BCUT2D eigenvalue weighted by atomic mass is 9.97. The summed E-state index contributed by atoms with van der Waals surface area (Å²) in [5, 5.41) is 6.44. The van der Waals surface area contributed by atoms with E-state index >= 15 is 0 Å². The van der Waals surface area contributed by atoms with E-state index in [2.05, 4.69) is 10.2 Å². The summed E-state index contributed by atoms with van der Waals surface area (Å²) < 4.78 is 4.96. The van der Waals surface area contributed by atoms with Gasteiger partial charge < -0.3 is 9.64 Å². The van der Waals surface area contributed by atoms with Crippen LogP contribution in [0.4, 0.5) is 4.79 Å². The first kappa shape index (κ1) is 11.6. The normalized spacial score (nSPS) is 18.7. The first-order valence-corrected chi connectivity index (χ1v) is 5.62. The number of ether oxygens (including phenoxy) is 1. The van der Waals surface area contributed by atoms with Crippen LogP contribution >= 0.6 is 0 Å². The second-order valence-corrected chi connectivity index (χ2v) is 4.12. The third kappa shape index (κ3) is 2.30. The van der Waals surface area contributed by atoms with Gasteiger partial charge in [0.15, 0.2) is 0 Å². The average molecular weight is 237 g/mol. The van der Waals surface area contributed by atoms with Crippen LogP contribution in [0, 0.1) is 0 Å². The number of hydrogen-bond acceptors (Lipinski definition) is 4. The second kappa shape index (κ2) is 4.57. The van der Waals surface area contributed by atoms with Gasteiger partial charge in [-0.15, -0.1) is 0 Å². The molecule has 0 saturated carbocycles. The molecular formula is C11H15N3O3. The van der Waals surface area contributed by atoms with E-state index in [4.69, 9.17) is 4.74 Å². The summed E-state index contributed by atoms with van der Waals surface area (Å²) in [6.45, 7) is 5.03. The lowest BCUT2D eigenvalue weighted by molar-refractivity contribution is 0.0988. The van der Waals surface area contributed by atoms with Gasteiger partial charge in [-0.1, -0.05) is 6.92 Å². The number of amides is 1. The topological polar surface area (TPSA) is 75.3 Å². The van der Waals surface area contributed by atoms with Crippen LogP contribution in [-0.2, 0) is 11.3 Å². The first-order chi connectivity index (χ1) is 8.11. The molecule has 2 heterocycles. The van der Waals surface area contributed by atoms with Gasteiger partial charge in [0.2, 0.25) is 0 Å². The van der Waals surface area contributed by atoms with Crippen molar-refractivity contribution in [3.63, 3.8) is 0 Å². The fourth-order valence-electron chi connectivity index (χ4n) is 2.05. The molecular weight excluding hydrogens is 222 g/mol. The number of aromatic amines is 1. The molecule has 1 aliphatic heterocycles. The third-order valence-electron chi connectivity index (χ3n) is 2.77. The van der Waals surface area contributed by atoms with Crippen LogP contribution in [-0.4, -0.2) is 34.3 Å². The molecule has 1 unspecified atom stereocenters. The highest BCUT2D eigenvalue weighted by Crippen LogP contribution is 2.24. The number of aromatic nitrogens is 2. The van der Waals surface area contributed by atoms with E-state index in [0.717, 1.165) is 11.3 Å². The lowest BCUT2D eigenvalue weighted by Gasteiger charge is -2.30. The van der Waals surface area contributed by atoms with Crippen LogP contribution in [0.2, 0.25) is 0 Å². The van der Waals surface area contributed by atoms with Gasteiger partial charge in [0.25, 0.3) is 5.56 Å². The zero-order chi connectivity index (χ0) is 12.4. The van der Waals surface area contributed by atoms with Crippen LogP contribution in [0.1, 0.15) is 31.0 Å². The molecule has 6 heteroatoms. The summed E-state index contributed by atoms with van der Waals surface area (Å²) in [6.07, 6.45) is -0.342. The van der Waals surface area contributed by atoms with Crippen molar-refractivity contribution in [1.82, 2.24) is 15.1 Å². The maximum Gasteiger partial charge on any atom is 0.410 e. The van der Waals surface area contributed by atoms with Crippen LogP contribution in [0.15, 0.2) is 10.9 Å². The monoisotopic (exact) mass is 237 g/mol. The highest BCUT2D eigenvalue weighted by Gasteiger charge is 2.27. The molecule has 0 spiro atoms. The molecule has 0 saturated heterocycles. The fraction of sp³-hybridized carbons (Fsp3) is 0.545. The van der Waals surface area contributed by atoms with Crippen molar-refractivity contribution in [3.8, 4) is 0 Å². The summed E-state index contributed by atoms with van der Waals surface area (Å²) in [5.74, 6) is 0.0972. The molecule has 17 heavy (non-hydrogen) atoms. The second-order valence-electron chi connectivity index (χ2n) is 4.12. The molecule has 0 aromatic carbocycles. The maximum absolute atomic E-state index is 11.6. The molecule has 0 bridgehead atoms. The van der Waals surface area contributed by atoms with Crippen molar-refractivity contribution in [3.05, 3.63) is 27.7 Å². The smallest absolute Gasteiger partial charge is 0.410 e.